The Labute approximate surface area is 114 Å². The van der Waals surface area contributed by atoms with Crippen molar-refractivity contribution in [3.63, 3.8) is 0 Å². The van der Waals surface area contributed by atoms with Crippen LogP contribution in [-0.4, -0.2) is 48.4 Å². The van der Waals surface area contributed by atoms with Crippen molar-refractivity contribution in [1.29, 1.82) is 0 Å². The lowest BCUT2D eigenvalue weighted by Crippen LogP contribution is -2.37. The predicted octanol–water partition coefficient (Wildman–Crippen LogP) is 1.88. The zero-order valence-corrected chi connectivity index (χ0v) is 11.7. The van der Waals surface area contributed by atoms with Crippen LogP contribution in [0.3, 0.4) is 0 Å². The number of carbonyl (C=O) groups is 1. The molecule has 3 heterocycles. The van der Waals surface area contributed by atoms with Crippen LogP contribution in [0.25, 0.3) is 0 Å². The third-order valence-corrected chi connectivity index (χ3v) is 4.66. The molecule has 19 heavy (non-hydrogen) atoms. The molecule has 102 valence electrons. The summed E-state index contributed by atoms with van der Waals surface area (Å²) in [5, 5.41) is 0. The zero-order chi connectivity index (χ0) is 13.4. The number of fused-ring (bicyclic) bond motifs is 2. The minimum absolute atomic E-state index is 0.652. The summed E-state index contributed by atoms with van der Waals surface area (Å²) in [5.41, 5.74) is 1.76. The van der Waals surface area contributed by atoms with E-state index in [-0.39, 0.29) is 0 Å². The maximum atomic E-state index is 10.8. The molecule has 0 spiro atoms. The van der Waals surface area contributed by atoms with Gasteiger partial charge in [-0.3, -0.25) is 9.69 Å². The lowest BCUT2D eigenvalue weighted by molar-refractivity contribution is 0.112. The highest BCUT2D eigenvalue weighted by Gasteiger charge is 2.35. The maximum Gasteiger partial charge on any atom is 0.151 e. The van der Waals surface area contributed by atoms with Crippen molar-refractivity contribution >= 4 is 12.1 Å². The summed E-state index contributed by atoms with van der Waals surface area (Å²) >= 11 is 0. The minimum Gasteiger partial charge on any atom is -0.355 e. The molecule has 2 aliphatic heterocycles. The number of hydrogen-bond acceptors (Lipinski definition) is 4. The SMILES string of the molecule is Cc1cc(C=O)cnc1N1CCC2CCC(C1)N2C. The van der Waals surface area contributed by atoms with Crippen molar-refractivity contribution in [3.05, 3.63) is 23.4 Å². The average molecular weight is 259 g/mol. The van der Waals surface area contributed by atoms with E-state index in [0.717, 1.165) is 36.8 Å². The van der Waals surface area contributed by atoms with Gasteiger partial charge in [-0.15, -0.1) is 0 Å². The van der Waals surface area contributed by atoms with E-state index in [1.165, 1.54) is 19.3 Å². The Morgan fingerprint density at radius 1 is 1.32 bits per heavy atom. The van der Waals surface area contributed by atoms with Gasteiger partial charge >= 0.3 is 0 Å². The second-order valence-corrected chi connectivity index (χ2v) is 5.81. The standard InChI is InChI=1S/C15H21N3O/c1-11-7-12(10-19)8-16-15(11)18-6-5-13-3-4-14(9-18)17(13)2/h7-8,10,13-14H,3-6,9H2,1-2H3. The normalized spacial score (nSPS) is 27.4. The summed E-state index contributed by atoms with van der Waals surface area (Å²) in [6, 6.07) is 3.33. The molecule has 2 aliphatic rings. The van der Waals surface area contributed by atoms with Crippen LogP contribution < -0.4 is 4.90 Å². The Kier molecular flexibility index (Phi) is 3.27. The van der Waals surface area contributed by atoms with E-state index in [4.69, 9.17) is 0 Å². The van der Waals surface area contributed by atoms with Crippen molar-refractivity contribution < 1.29 is 4.79 Å². The van der Waals surface area contributed by atoms with E-state index in [0.29, 0.717) is 11.6 Å². The van der Waals surface area contributed by atoms with Crippen LogP contribution in [0.1, 0.15) is 35.2 Å². The molecule has 0 aromatic carbocycles. The van der Waals surface area contributed by atoms with Crippen LogP contribution in [0.4, 0.5) is 5.82 Å². The predicted molar refractivity (Wildman–Crippen MR) is 75.8 cm³/mol. The van der Waals surface area contributed by atoms with E-state index in [1.807, 2.05) is 13.0 Å². The molecule has 0 radical (unpaired) electrons. The van der Waals surface area contributed by atoms with Crippen molar-refractivity contribution in [2.75, 3.05) is 25.0 Å². The number of pyridine rings is 1. The lowest BCUT2D eigenvalue weighted by atomic mass is 10.1. The fraction of sp³-hybridized carbons (Fsp3) is 0.600. The molecule has 2 bridgehead atoms. The van der Waals surface area contributed by atoms with Gasteiger partial charge in [0.1, 0.15) is 5.82 Å². The van der Waals surface area contributed by atoms with Gasteiger partial charge in [0.2, 0.25) is 0 Å². The molecule has 0 N–H and O–H groups in total. The summed E-state index contributed by atoms with van der Waals surface area (Å²) < 4.78 is 0. The highest BCUT2D eigenvalue weighted by Crippen LogP contribution is 2.31. The lowest BCUT2D eigenvalue weighted by Gasteiger charge is -2.27. The Morgan fingerprint density at radius 2 is 2.11 bits per heavy atom. The molecule has 0 amide bonds. The molecule has 0 saturated carbocycles. The number of rotatable bonds is 2. The van der Waals surface area contributed by atoms with Crippen LogP contribution in [0.15, 0.2) is 12.3 Å². The number of hydrogen-bond donors (Lipinski definition) is 0. The van der Waals surface area contributed by atoms with Gasteiger partial charge in [0.05, 0.1) is 0 Å². The molecule has 3 rings (SSSR count). The Hall–Kier alpha value is -1.42. The molecular formula is C15H21N3O. The first-order chi connectivity index (χ1) is 9.19. The highest BCUT2D eigenvalue weighted by molar-refractivity contribution is 5.75. The average Bonchev–Trinajstić information content (AvgIpc) is 2.64. The molecule has 2 saturated heterocycles. The van der Waals surface area contributed by atoms with Gasteiger partial charge < -0.3 is 4.90 Å². The van der Waals surface area contributed by atoms with Crippen LogP contribution in [-0.2, 0) is 0 Å². The van der Waals surface area contributed by atoms with Gasteiger partial charge in [-0.25, -0.2) is 4.98 Å². The van der Waals surface area contributed by atoms with Gasteiger partial charge in [-0.1, -0.05) is 0 Å². The van der Waals surface area contributed by atoms with Crippen LogP contribution in [0, 0.1) is 6.92 Å². The maximum absolute atomic E-state index is 10.8. The second-order valence-electron chi connectivity index (χ2n) is 5.81. The molecular weight excluding hydrogens is 238 g/mol. The number of aryl methyl sites for hydroxylation is 1. The summed E-state index contributed by atoms with van der Waals surface area (Å²) in [7, 11) is 2.25. The van der Waals surface area contributed by atoms with Crippen molar-refractivity contribution in [2.45, 2.75) is 38.3 Å². The van der Waals surface area contributed by atoms with Crippen LogP contribution in [0.5, 0.6) is 0 Å². The zero-order valence-electron chi connectivity index (χ0n) is 11.7. The fourth-order valence-corrected chi connectivity index (χ4v) is 3.49. The number of carbonyl (C=O) groups excluding carboxylic acids is 1. The Balaban J connectivity index is 1.84. The molecule has 4 nitrogen and oxygen atoms in total. The molecule has 4 heteroatoms. The molecule has 0 aliphatic carbocycles. The topological polar surface area (TPSA) is 36.4 Å². The number of aldehydes is 1. The number of aromatic nitrogens is 1. The molecule has 2 unspecified atom stereocenters. The van der Waals surface area contributed by atoms with Gasteiger partial charge in [0, 0.05) is 36.9 Å². The Bertz CT molecular complexity index is 488. The van der Waals surface area contributed by atoms with E-state index >= 15 is 0 Å². The van der Waals surface area contributed by atoms with Crippen LogP contribution in [0.2, 0.25) is 0 Å². The van der Waals surface area contributed by atoms with Gasteiger partial charge in [0.15, 0.2) is 6.29 Å². The fourth-order valence-electron chi connectivity index (χ4n) is 3.49. The summed E-state index contributed by atoms with van der Waals surface area (Å²) in [4.78, 5) is 20.2. The third-order valence-electron chi connectivity index (χ3n) is 4.66. The third kappa shape index (κ3) is 2.25. The van der Waals surface area contributed by atoms with Crippen molar-refractivity contribution in [3.8, 4) is 0 Å². The first kappa shape index (κ1) is 12.6. The van der Waals surface area contributed by atoms with Crippen molar-refractivity contribution in [2.24, 2.45) is 0 Å². The summed E-state index contributed by atoms with van der Waals surface area (Å²) in [5.74, 6) is 1.05. The van der Waals surface area contributed by atoms with Gasteiger partial charge in [-0.2, -0.15) is 0 Å². The first-order valence-corrected chi connectivity index (χ1v) is 7.07. The smallest absolute Gasteiger partial charge is 0.151 e. The largest absolute Gasteiger partial charge is 0.355 e. The second kappa shape index (κ2) is 4.93. The quantitative estimate of drug-likeness (QED) is 0.760. The summed E-state index contributed by atoms with van der Waals surface area (Å²) in [6.45, 7) is 4.17. The number of anilines is 1. The molecule has 1 aromatic heterocycles. The minimum atomic E-state index is 0.652. The monoisotopic (exact) mass is 259 g/mol. The first-order valence-electron chi connectivity index (χ1n) is 7.07. The molecule has 2 atom stereocenters. The van der Waals surface area contributed by atoms with Crippen molar-refractivity contribution in [1.82, 2.24) is 9.88 Å². The van der Waals surface area contributed by atoms with E-state index in [1.54, 1.807) is 6.20 Å². The Morgan fingerprint density at radius 3 is 2.84 bits per heavy atom. The van der Waals surface area contributed by atoms with E-state index in [9.17, 15) is 4.79 Å². The molecule has 1 aromatic rings. The van der Waals surface area contributed by atoms with E-state index < -0.39 is 0 Å². The number of likely N-dealkylation sites (N-methyl/N-ethyl adjacent to an activating group) is 1. The molecule has 2 fully saturated rings. The van der Waals surface area contributed by atoms with Gasteiger partial charge in [-0.05, 0) is 44.9 Å². The van der Waals surface area contributed by atoms with E-state index in [2.05, 4.69) is 21.8 Å². The summed E-state index contributed by atoms with van der Waals surface area (Å²) in [6.07, 6.45) is 6.39. The number of nitrogens with zero attached hydrogens (tertiary/aromatic N) is 3. The highest BCUT2D eigenvalue weighted by atomic mass is 16.1. The van der Waals surface area contributed by atoms with Crippen LogP contribution >= 0.6 is 0 Å². The van der Waals surface area contributed by atoms with Gasteiger partial charge in [0.25, 0.3) is 0 Å².